The Hall–Kier alpha value is -0.960. The molecule has 3 nitrogen and oxygen atoms in total. The van der Waals surface area contributed by atoms with E-state index in [4.69, 9.17) is 16.3 Å². The van der Waals surface area contributed by atoms with Crippen LogP contribution in [-0.4, -0.2) is 23.5 Å². The molecule has 0 aliphatic heterocycles. The van der Waals surface area contributed by atoms with Gasteiger partial charge in [-0.05, 0) is 37.8 Å². The highest BCUT2D eigenvalue weighted by atomic mass is 35.5. The SMILES string of the molecule is CCOc1cccnc1NC1CCCC1CCl. The maximum Gasteiger partial charge on any atom is 0.168 e. The first-order chi connectivity index (χ1) is 8.35. The summed E-state index contributed by atoms with van der Waals surface area (Å²) in [6.45, 7) is 2.64. The van der Waals surface area contributed by atoms with Crippen molar-refractivity contribution >= 4 is 17.4 Å². The first-order valence-corrected chi connectivity index (χ1v) is 6.79. The maximum atomic E-state index is 5.98. The van der Waals surface area contributed by atoms with Crippen molar-refractivity contribution in [2.45, 2.75) is 32.2 Å². The van der Waals surface area contributed by atoms with Crippen molar-refractivity contribution in [3.8, 4) is 5.75 Å². The van der Waals surface area contributed by atoms with Gasteiger partial charge >= 0.3 is 0 Å². The molecule has 1 aliphatic rings. The molecule has 0 amide bonds. The Labute approximate surface area is 108 Å². The molecule has 0 radical (unpaired) electrons. The van der Waals surface area contributed by atoms with Gasteiger partial charge in [0.2, 0.25) is 0 Å². The summed E-state index contributed by atoms with van der Waals surface area (Å²) in [7, 11) is 0. The summed E-state index contributed by atoms with van der Waals surface area (Å²) in [6, 6.07) is 4.27. The molecule has 17 heavy (non-hydrogen) atoms. The Morgan fingerprint density at radius 2 is 2.41 bits per heavy atom. The monoisotopic (exact) mass is 254 g/mol. The average molecular weight is 255 g/mol. The standard InChI is InChI=1S/C13H19ClN2O/c1-2-17-12-7-4-8-15-13(12)16-11-6-3-5-10(11)9-14/h4,7-8,10-11H,2-3,5-6,9H2,1H3,(H,15,16). The Bertz CT molecular complexity index is 359. The third kappa shape index (κ3) is 3.03. The maximum absolute atomic E-state index is 5.98. The first kappa shape index (κ1) is 12.5. The van der Waals surface area contributed by atoms with Crippen LogP contribution < -0.4 is 10.1 Å². The van der Waals surface area contributed by atoms with Gasteiger partial charge < -0.3 is 10.1 Å². The summed E-state index contributed by atoms with van der Waals surface area (Å²) >= 11 is 5.98. The van der Waals surface area contributed by atoms with E-state index in [9.17, 15) is 0 Å². The summed E-state index contributed by atoms with van der Waals surface area (Å²) in [5.41, 5.74) is 0. The molecule has 0 bridgehead atoms. The van der Waals surface area contributed by atoms with Crippen molar-refractivity contribution in [1.29, 1.82) is 0 Å². The van der Waals surface area contributed by atoms with Crippen molar-refractivity contribution in [2.24, 2.45) is 5.92 Å². The second-order valence-corrected chi connectivity index (χ2v) is 4.69. The van der Waals surface area contributed by atoms with Gasteiger partial charge in [0.15, 0.2) is 11.6 Å². The number of anilines is 1. The molecule has 1 fully saturated rings. The number of alkyl halides is 1. The van der Waals surface area contributed by atoms with Gasteiger partial charge in [-0.15, -0.1) is 11.6 Å². The van der Waals surface area contributed by atoms with Crippen LogP contribution in [0.25, 0.3) is 0 Å². The molecule has 0 saturated heterocycles. The predicted molar refractivity (Wildman–Crippen MR) is 70.9 cm³/mol. The minimum absolute atomic E-state index is 0.432. The van der Waals surface area contributed by atoms with Crippen LogP contribution in [0.15, 0.2) is 18.3 Å². The quantitative estimate of drug-likeness (QED) is 0.819. The molecular weight excluding hydrogens is 236 g/mol. The van der Waals surface area contributed by atoms with Crippen LogP contribution in [0.4, 0.5) is 5.82 Å². The normalized spacial score (nSPS) is 23.6. The number of ether oxygens (including phenoxy) is 1. The Morgan fingerprint density at radius 3 is 3.18 bits per heavy atom. The predicted octanol–water partition coefficient (Wildman–Crippen LogP) is 3.30. The minimum atomic E-state index is 0.432. The van der Waals surface area contributed by atoms with E-state index in [2.05, 4.69) is 10.3 Å². The molecule has 4 heteroatoms. The number of hydrogen-bond donors (Lipinski definition) is 1. The lowest BCUT2D eigenvalue weighted by atomic mass is 10.1. The third-order valence-corrected chi connectivity index (χ3v) is 3.65. The zero-order valence-corrected chi connectivity index (χ0v) is 10.9. The highest BCUT2D eigenvalue weighted by molar-refractivity contribution is 6.18. The number of halogens is 1. The van der Waals surface area contributed by atoms with Crippen LogP contribution in [-0.2, 0) is 0 Å². The van der Waals surface area contributed by atoms with Crippen LogP contribution >= 0.6 is 11.6 Å². The van der Waals surface area contributed by atoms with E-state index >= 15 is 0 Å². The van der Waals surface area contributed by atoms with Gasteiger partial charge in [0.1, 0.15) is 0 Å². The molecule has 1 heterocycles. The minimum Gasteiger partial charge on any atom is -0.490 e. The number of hydrogen-bond acceptors (Lipinski definition) is 3. The lowest BCUT2D eigenvalue weighted by Crippen LogP contribution is -2.25. The fraction of sp³-hybridized carbons (Fsp3) is 0.615. The molecule has 0 aromatic carbocycles. The van der Waals surface area contributed by atoms with Crippen LogP contribution in [0.5, 0.6) is 5.75 Å². The highest BCUT2D eigenvalue weighted by Gasteiger charge is 2.27. The molecule has 1 aliphatic carbocycles. The summed E-state index contributed by atoms with van der Waals surface area (Å²) in [4.78, 5) is 4.35. The number of rotatable bonds is 5. The first-order valence-electron chi connectivity index (χ1n) is 6.25. The molecule has 1 N–H and O–H groups in total. The number of nitrogens with one attached hydrogen (secondary N) is 1. The van der Waals surface area contributed by atoms with Gasteiger partial charge in [-0.1, -0.05) is 6.42 Å². The van der Waals surface area contributed by atoms with Crippen molar-refractivity contribution in [3.05, 3.63) is 18.3 Å². The van der Waals surface area contributed by atoms with E-state index in [1.54, 1.807) is 6.20 Å². The molecule has 2 rings (SSSR count). The topological polar surface area (TPSA) is 34.1 Å². The molecule has 2 atom stereocenters. The van der Waals surface area contributed by atoms with Gasteiger partial charge in [-0.3, -0.25) is 0 Å². The molecule has 1 aromatic heterocycles. The van der Waals surface area contributed by atoms with Crippen molar-refractivity contribution in [3.63, 3.8) is 0 Å². The van der Waals surface area contributed by atoms with Gasteiger partial charge in [0.25, 0.3) is 0 Å². The molecule has 1 saturated carbocycles. The molecular formula is C13H19ClN2O. The lowest BCUT2D eigenvalue weighted by molar-refractivity contribution is 0.340. The molecule has 94 valence electrons. The number of aromatic nitrogens is 1. The Kier molecular flexibility index (Phi) is 4.49. The van der Waals surface area contributed by atoms with E-state index in [1.807, 2.05) is 19.1 Å². The average Bonchev–Trinajstić information content (AvgIpc) is 2.79. The second kappa shape index (κ2) is 6.10. The smallest absolute Gasteiger partial charge is 0.168 e. The summed E-state index contributed by atoms with van der Waals surface area (Å²) in [6.07, 6.45) is 5.40. The van der Waals surface area contributed by atoms with E-state index in [0.717, 1.165) is 11.6 Å². The van der Waals surface area contributed by atoms with E-state index in [0.29, 0.717) is 24.4 Å². The van der Waals surface area contributed by atoms with Gasteiger partial charge in [0.05, 0.1) is 6.61 Å². The molecule has 2 unspecified atom stereocenters. The lowest BCUT2D eigenvalue weighted by Gasteiger charge is -2.20. The van der Waals surface area contributed by atoms with Gasteiger partial charge in [0, 0.05) is 18.1 Å². The van der Waals surface area contributed by atoms with E-state index < -0.39 is 0 Å². The fourth-order valence-corrected chi connectivity index (χ4v) is 2.73. The van der Waals surface area contributed by atoms with Crippen molar-refractivity contribution in [2.75, 3.05) is 17.8 Å². The fourth-order valence-electron chi connectivity index (χ4n) is 2.36. The van der Waals surface area contributed by atoms with Crippen LogP contribution in [0.3, 0.4) is 0 Å². The van der Waals surface area contributed by atoms with E-state index in [1.165, 1.54) is 19.3 Å². The Morgan fingerprint density at radius 1 is 1.53 bits per heavy atom. The molecule has 0 spiro atoms. The second-order valence-electron chi connectivity index (χ2n) is 4.38. The van der Waals surface area contributed by atoms with Gasteiger partial charge in [-0.2, -0.15) is 0 Å². The highest BCUT2D eigenvalue weighted by Crippen LogP contribution is 2.31. The van der Waals surface area contributed by atoms with Crippen LogP contribution in [0.2, 0.25) is 0 Å². The van der Waals surface area contributed by atoms with Gasteiger partial charge in [-0.25, -0.2) is 4.98 Å². The number of nitrogens with zero attached hydrogens (tertiary/aromatic N) is 1. The number of pyridine rings is 1. The summed E-state index contributed by atoms with van der Waals surface area (Å²) in [5, 5.41) is 3.47. The van der Waals surface area contributed by atoms with Crippen molar-refractivity contribution < 1.29 is 4.74 Å². The zero-order valence-electron chi connectivity index (χ0n) is 10.2. The third-order valence-electron chi connectivity index (χ3n) is 3.25. The van der Waals surface area contributed by atoms with Crippen LogP contribution in [0.1, 0.15) is 26.2 Å². The largest absolute Gasteiger partial charge is 0.490 e. The zero-order chi connectivity index (χ0) is 12.1. The Balaban J connectivity index is 2.07. The summed E-state index contributed by atoms with van der Waals surface area (Å²) in [5.74, 6) is 2.94. The van der Waals surface area contributed by atoms with Crippen molar-refractivity contribution in [1.82, 2.24) is 4.98 Å². The molecule has 1 aromatic rings. The van der Waals surface area contributed by atoms with E-state index in [-0.39, 0.29) is 0 Å². The summed E-state index contributed by atoms with van der Waals surface area (Å²) < 4.78 is 5.56. The van der Waals surface area contributed by atoms with Crippen LogP contribution in [0, 0.1) is 5.92 Å².